The first kappa shape index (κ1) is 11.1. The van der Waals surface area contributed by atoms with Gasteiger partial charge >= 0.3 is 0 Å². The number of ether oxygens (including phenoxy) is 1. The number of halogens is 1. The molecule has 0 aliphatic rings. The number of nitrogens with two attached hydrogens (primary N) is 1. The highest BCUT2D eigenvalue weighted by atomic mass is 35.5. The number of aliphatic hydroxyl groups is 1. The number of rotatable bonds is 3. The van der Waals surface area contributed by atoms with Gasteiger partial charge in [-0.15, -0.1) is 0 Å². The zero-order valence-corrected chi connectivity index (χ0v) is 9.35. The molecule has 0 saturated carbocycles. The van der Waals surface area contributed by atoms with E-state index in [1.54, 1.807) is 16.8 Å². The highest BCUT2D eigenvalue weighted by molar-refractivity contribution is 6.29. The van der Waals surface area contributed by atoms with Crippen molar-refractivity contribution in [2.24, 2.45) is 5.73 Å². The molecule has 0 fully saturated rings. The number of hydrogen-bond acceptors (Lipinski definition) is 5. The molecule has 0 aromatic carbocycles. The van der Waals surface area contributed by atoms with Gasteiger partial charge in [0.05, 0.1) is 25.5 Å². The van der Waals surface area contributed by atoms with E-state index in [-0.39, 0.29) is 6.61 Å². The molecule has 0 spiro atoms. The minimum atomic E-state index is -0.525. The second-order valence-corrected chi connectivity index (χ2v) is 3.65. The van der Waals surface area contributed by atoms with Crippen LogP contribution in [-0.2, 0) is 0 Å². The Morgan fingerprint density at radius 3 is 2.94 bits per heavy atom. The fourth-order valence-corrected chi connectivity index (χ4v) is 1.55. The van der Waals surface area contributed by atoms with Crippen molar-refractivity contribution in [3.05, 3.63) is 23.2 Å². The number of hydrogen-bond donors (Lipinski definition) is 2. The highest BCUT2D eigenvalue weighted by Gasteiger charge is 2.13. The number of methoxy groups -OCH3 is 1. The average molecular weight is 243 g/mol. The van der Waals surface area contributed by atoms with Crippen molar-refractivity contribution in [3.8, 4) is 5.88 Å². The molecule has 3 N–H and O–H groups in total. The molecule has 2 aromatic rings. The maximum Gasteiger partial charge on any atom is 0.259 e. The zero-order chi connectivity index (χ0) is 11.7. The first-order chi connectivity index (χ1) is 7.65. The van der Waals surface area contributed by atoms with Crippen molar-refractivity contribution in [1.82, 2.24) is 14.4 Å². The van der Waals surface area contributed by atoms with Gasteiger partial charge in [0.1, 0.15) is 5.15 Å². The first-order valence-corrected chi connectivity index (χ1v) is 4.99. The number of fused-ring (bicyclic) bond motifs is 1. The minimum absolute atomic E-state index is 0.173. The van der Waals surface area contributed by atoms with Crippen LogP contribution in [-0.4, -0.2) is 33.2 Å². The summed E-state index contributed by atoms with van der Waals surface area (Å²) in [5.41, 5.74) is 6.75. The molecule has 2 heterocycles. The molecule has 2 aromatic heterocycles. The summed E-state index contributed by atoms with van der Waals surface area (Å²) in [5, 5.41) is 9.24. The van der Waals surface area contributed by atoms with Crippen molar-refractivity contribution in [1.29, 1.82) is 0 Å². The maximum absolute atomic E-state index is 8.95. The standard InChI is InChI=1S/C9H11ClN4O2/c1-16-9-8-12-6(5(11)4-15)2-14(8)3-7(10)13-9/h2-3,5,15H,4,11H2,1H3. The third kappa shape index (κ3) is 1.82. The van der Waals surface area contributed by atoms with Crippen LogP contribution in [0.3, 0.4) is 0 Å². The van der Waals surface area contributed by atoms with Crippen molar-refractivity contribution in [2.75, 3.05) is 13.7 Å². The lowest BCUT2D eigenvalue weighted by Crippen LogP contribution is -2.14. The van der Waals surface area contributed by atoms with E-state index in [2.05, 4.69) is 9.97 Å². The largest absolute Gasteiger partial charge is 0.478 e. The van der Waals surface area contributed by atoms with Crippen LogP contribution in [0.2, 0.25) is 5.15 Å². The van der Waals surface area contributed by atoms with Crippen LogP contribution >= 0.6 is 11.6 Å². The zero-order valence-electron chi connectivity index (χ0n) is 8.59. The normalized spacial score (nSPS) is 13.0. The van der Waals surface area contributed by atoms with Crippen LogP contribution in [0.4, 0.5) is 0 Å². The molecule has 0 aliphatic heterocycles. The summed E-state index contributed by atoms with van der Waals surface area (Å²) in [7, 11) is 1.49. The molecule has 0 saturated heterocycles. The van der Waals surface area contributed by atoms with Crippen LogP contribution in [0.25, 0.3) is 5.65 Å². The Hall–Kier alpha value is -1.37. The Bertz CT molecular complexity index is 513. The predicted octanol–water partition coefficient (Wildman–Crippen LogP) is 0.383. The Morgan fingerprint density at radius 2 is 2.31 bits per heavy atom. The average Bonchev–Trinajstić information content (AvgIpc) is 2.70. The molecule has 0 radical (unpaired) electrons. The SMILES string of the molecule is COc1nc(Cl)cn2cc(C(N)CO)nc12. The van der Waals surface area contributed by atoms with Gasteiger partial charge in [0, 0.05) is 12.4 Å². The van der Waals surface area contributed by atoms with Crippen molar-refractivity contribution in [2.45, 2.75) is 6.04 Å². The molecule has 86 valence electrons. The number of aliphatic hydroxyl groups excluding tert-OH is 1. The van der Waals surface area contributed by atoms with E-state index in [1.165, 1.54) is 7.11 Å². The number of imidazole rings is 1. The molecule has 2 rings (SSSR count). The van der Waals surface area contributed by atoms with Gasteiger partial charge in [-0.1, -0.05) is 11.6 Å². The van der Waals surface area contributed by atoms with Gasteiger partial charge in [-0.3, -0.25) is 4.40 Å². The fraction of sp³-hybridized carbons (Fsp3) is 0.333. The van der Waals surface area contributed by atoms with E-state index < -0.39 is 6.04 Å². The molecule has 0 bridgehead atoms. The summed E-state index contributed by atoms with van der Waals surface area (Å²) in [6.07, 6.45) is 3.28. The van der Waals surface area contributed by atoms with Crippen LogP contribution in [0.1, 0.15) is 11.7 Å². The van der Waals surface area contributed by atoms with E-state index in [1.807, 2.05) is 0 Å². The van der Waals surface area contributed by atoms with Crippen LogP contribution in [0.15, 0.2) is 12.4 Å². The Labute approximate surface area is 96.6 Å². The fourth-order valence-electron chi connectivity index (χ4n) is 1.37. The molecule has 0 amide bonds. The Balaban J connectivity index is 2.60. The second kappa shape index (κ2) is 4.25. The lowest BCUT2D eigenvalue weighted by atomic mass is 10.2. The molecular weight excluding hydrogens is 232 g/mol. The van der Waals surface area contributed by atoms with Crippen molar-refractivity contribution >= 4 is 17.2 Å². The minimum Gasteiger partial charge on any atom is -0.478 e. The maximum atomic E-state index is 8.95. The molecule has 16 heavy (non-hydrogen) atoms. The summed E-state index contributed by atoms with van der Waals surface area (Å²) >= 11 is 5.80. The van der Waals surface area contributed by atoms with Crippen LogP contribution < -0.4 is 10.5 Å². The van der Waals surface area contributed by atoms with E-state index in [0.29, 0.717) is 22.4 Å². The summed E-state index contributed by atoms with van der Waals surface area (Å²) in [4.78, 5) is 8.20. The van der Waals surface area contributed by atoms with Crippen molar-refractivity contribution < 1.29 is 9.84 Å². The molecule has 1 atom stereocenters. The van der Waals surface area contributed by atoms with Gasteiger partial charge < -0.3 is 15.6 Å². The Morgan fingerprint density at radius 1 is 1.56 bits per heavy atom. The number of nitrogens with zero attached hydrogens (tertiary/aromatic N) is 3. The van der Waals surface area contributed by atoms with Gasteiger partial charge in [-0.2, -0.15) is 4.98 Å². The quantitative estimate of drug-likeness (QED) is 0.813. The van der Waals surface area contributed by atoms with Gasteiger partial charge in [-0.25, -0.2) is 4.98 Å². The first-order valence-electron chi connectivity index (χ1n) is 4.61. The summed E-state index contributed by atoms with van der Waals surface area (Å²) in [6, 6.07) is -0.525. The molecule has 7 heteroatoms. The lowest BCUT2D eigenvalue weighted by Gasteiger charge is -2.01. The summed E-state index contributed by atoms with van der Waals surface area (Å²) in [5.74, 6) is 0.323. The summed E-state index contributed by atoms with van der Waals surface area (Å²) < 4.78 is 6.72. The van der Waals surface area contributed by atoms with Gasteiger partial charge in [0.15, 0.2) is 0 Å². The van der Waals surface area contributed by atoms with E-state index in [9.17, 15) is 0 Å². The van der Waals surface area contributed by atoms with Crippen LogP contribution in [0, 0.1) is 0 Å². The highest BCUT2D eigenvalue weighted by Crippen LogP contribution is 2.21. The van der Waals surface area contributed by atoms with E-state index in [4.69, 9.17) is 27.2 Å². The third-order valence-corrected chi connectivity index (χ3v) is 2.35. The van der Waals surface area contributed by atoms with E-state index >= 15 is 0 Å². The van der Waals surface area contributed by atoms with Gasteiger partial charge in [-0.05, 0) is 0 Å². The summed E-state index contributed by atoms with van der Waals surface area (Å²) in [6.45, 7) is -0.173. The number of aromatic nitrogens is 3. The van der Waals surface area contributed by atoms with Gasteiger partial charge in [0.25, 0.3) is 5.88 Å². The van der Waals surface area contributed by atoms with Crippen LogP contribution in [0.5, 0.6) is 5.88 Å². The molecular formula is C9H11ClN4O2. The second-order valence-electron chi connectivity index (χ2n) is 3.26. The van der Waals surface area contributed by atoms with E-state index in [0.717, 1.165) is 0 Å². The molecule has 1 unspecified atom stereocenters. The topological polar surface area (TPSA) is 85.7 Å². The van der Waals surface area contributed by atoms with Crippen molar-refractivity contribution in [3.63, 3.8) is 0 Å². The smallest absolute Gasteiger partial charge is 0.259 e. The predicted molar refractivity (Wildman–Crippen MR) is 58.6 cm³/mol. The van der Waals surface area contributed by atoms with Gasteiger partial charge in [0.2, 0.25) is 5.65 Å². The monoisotopic (exact) mass is 242 g/mol. The third-order valence-electron chi connectivity index (χ3n) is 2.17. The Kier molecular flexibility index (Phi) is 2.95. The molecule has 6 nitrogen and oxygen atoms in total. The molecule has 0 aliphatic carbocycles. The lowest BCUT2D eigenvalue weighted by molar-refractivity contribution is 0.266.